The van der Waals surface area contributed by atoms with E-state index in [1.165, 1.54) is 0 Å². The van der Waals surface area contributed by atoms with E-state index in [0.717, 1.165) is 42.5 Å². The second-order valence-corrected chi connectivity index (χ2v) is 5.40. The van der Waals surface area contributed by atoms with Crippen molar-refractivity contribution >= 4 is 15.7 Å². The van der Waals surface area contributed by atoms with Crippen molar-refractivity contribution in [2.75, 3.05) is 4.72 Å². The third-order valence-electron chi connectivity index (χ3n) is 2.33. The Hall–Kier alpha value is -2.15. The summed E-state index contributed by atoms with van der Waals surface area (Å²) in [5.74, 6) is -1.69. The molecule has 2 N–H and O–H groups in total. The summed E-state index contributed by atoms with van der Waals surface area (Å²) < 4.78 is 51.5. The van der Waals surface area contributed by atoms with Crippen molar-refractivity contribution in [3.8, 4) is 5.75 Å². The fraction of sp³-hybridized carbons (Fsp3) is 0. The Kier molecular flexibility index (Phi) is 3.39. The van der Waals surface area contributed by atoms with Crippen LogP contribution in [0.2, 0.25) is 0 Å². The number of sulfonamides is 1. The average Bonchev–Trinajstić information content (AvgIpc) is 2.34. The summed E-state index contributed by atoms with van der Waals surface area (Å²) in [4.78, 5) is -0.197. The highest BCUT2D eigenvalue weighted by molar-refractivity contribution is 7.92. The first-order valence-corrected chi connectivity index (χ1v) is 6.64. The molecule has 4 nitrogen and oxygen atoms in total. The van der Waals surface area contributed by atoms with Crippen LogP contribution in [0.4, 0.5) is 14.5 Å². The molecule has 2 rings (SSSR count). The first-order valence-electron chi connectivity index (χ1n) is 5.15. The summed E-state index contributed by atoms with van der Waals surface area (Å²) in [5, 5.41) is 9.44. The van der Waals surface area contributed by atoms with Crippen LogP contribution in [0.5, 0.6) is 5.75 Å². The van der Waals surface area contributed by atoms with Crippen LogP contribution in [0.25, 0.3) is 0 Å². The summed E-state index contributed by atoms with van der Waals surface area (Å²) in [6, 6.07) is 6.96. The minimum absolute atomic E-state index is 0.197. The van der Waals surface area contributed by atoms with Gasteiger partial charge in [-0.3, -0.25) is 4.72 Å². The third kappa shape index (κ3) is 3.00. The Morgan fingerprint density at radius 3 is 2.16 bits per heavy atom. The number of hydrogen-bond donors (Lipinski definition) is 2. The van der Waals surface area contributed by atoms with Crippen LogP contribution in [-0.2, 0) is 10.0 Å². The molecule has 0 atom stereocenters. The van der Waals surface area contributed by atoms with E-state index in [2.05, 4.69) is 0 Å². The summed E-state index contributed by atoms with van der Waals surface area (Å²) in [6.45, 7) is 0. The normalized spacial score (nSPS) is 11.3. The average molecular weight is 285 g/mol. The molecule has 0 bridgehead atoms. The molecule has 0 aliphatic rings. The van der Waals surface area contributed by atoms with Gasteiger partial charge in [-0.2, -0.15) is 0 Å². The second kappa shape index (κ2) is 4.85. The lowest BCUT2D eigenvalue weighted by Crippen LogP contribution is -2.13. The van der Waals surface area contributed by atoms with Crippen LogP contribution in [-0.4, -0.2) is 13.5 Å². The zero-order valence-corrected chi connectivity index (χ0v) is 10.3. The van der Waals surface area contributed by atoms with Gasteiger partial charge in [0.1, 0.15) is 17.4 Å². The van der Waals surface area contributed by atoms with Gasteiger partial charge in [0.15, 0.2) is 0 Å². The summed E-state index contributed by atoms with van der Waals surface area (Å²) in [7, 11) is -4.01. The highest BCUT2D eigenvalue weighted by Gasteiger charge is 2.16. The molecule has 0 unspecified atom stereocenters. The van der Waals surface area contributed by atoms with Gasteiger partial charge in [0.25, 0.3) is 10.0 Å². The maximum absolute atomic E-state index is 13.0. The van der Waals surface area contributed by atoms with E-state index in [1.54, 1.807) is 0 Å². The molecule has 0 saturated carbocycles. The highest BCUT2D eigenvalue weighted by Crippen LogP contribution is 2.26. The van der Waals surface area contributed by atoms with Gasteiger partial charge in [-0.1, -0.05) is 0 Å². The van der Waals surface area contributed by atoms with Gasteiger partial charge in [-0.05, 0) is 36.4 Å². The molecule has 0 aliphatic heterocycles. The van der Waals surface area contributed by atoms with Crippen molar-refractivity contribution in [3.05, 3.63) is 54.1 Å². The number of hydrogen-bond acceptors (Lipinski definition) is 3. The van der Waals surface area contributed by atoms with Gasteiger partial charge in [0.05, 0.1) is 10.6 Å². The molecular formula is C12H9F2NO3S. The quantitative estimate of drug-likeness (QED) is 0.851. The molecular weight excluding hydrogens is 276 g/mol. The summed E-state index contributed by atoms with van der Waals surface area (Å²) in [5.41, 5.74) is -0.288. The van der Waals surface area contributed by atoms with Crippen molar-refractivity contribution < 1.29 is 22.3 Å². The number of aromatic hydroxyl groups is 1. The minimum Gasteiger partial charge on any atom is -0.506 e. The number of rotatable bonds is 3. The molecule has 0 radical (unpaired) electrons. The molecule has 0 spiro atoms. The Balaban J connectivity index is 2.36. The van der Waals surface area contributed by atoms with Gasteiger partial charge in [0, 0.05) is 6.07 Å². The van der Waals surface area contributed by atoms with Crippen molar-refractivity contribution in [3.63, 3.8) is 0 Å². The third-order valence-corrected chi connectivity index (χ3v) is 3.71. The smallest absolute Gasteiger partial charge is 0.262 e. The number of nitrogens with one attached hydrogen (secondary N) is 1. The van der Waals surface area contributed by atoms with Gasteiger partial charge >= 0.3 is 0 Å². The monoisotopic (exact) mass is 285 g/mol. The Morgan fingerprint density at radius 1 is 0.947 bits per heavy atom. The largest absolute Gasteiger partial charge is 0.506 e. The molecule has 7 heteroatoms. The molecule has 0 aliphatic carbocycles. The number of halogens is 2. The second-order valence-electron chi connectivity index (χ2n) is 3.72. The fourth-order valence-corrected chi connectivity index (χ4v) is 2.47. The Labute approximate surface area is 108 Å². The predicted molar refractivity (Wildman–Crippen MR) is 65.3 cm³/mol. The zero-order valence-electron chi connectivity index (χ0n) is 9.47. The molecule has 0 saturated heterocycles. The lowest BCUT2D eigenvalue weighted by Gasteiger charge is -2.09. The maximum atomic E-state index is 13.0. The van der Waals surface area contributed by atoms with Crippen molar-refractivity contribution in [1.29, 1.82) is 0 Å². The van der Waals surface area contributed by atoms with E-state index in [9.17, 15) is 22.3 Å². The molecule has 0 amide bonds. The van der Waals surface area contributed by atoms with Crippen molar-refractivity contribution in [1.82, 2.24) is 0 Å². The SMILES string of the molecule is O=S(=O)(Nc1cc(F)ccc1O)c1ccc(F)cc1. The molecule has 0 heterocycles. The van der Waals surface area contributed by atoms with E-state index in [4.69, 9.17) is 0 Å². The molecule has 19 heavy (non-hydrogen) atoms. The van der Waals surface area contributed by atoms with E-state index < -0.39 is 27.4 Å². The number of benzene rings is 2. The van der Waals surface area contributed by atoms with Gasteiger partial charge in [-0.15, -0.1) is 0 Å². The number of anilines is 1. The molecule has 0 fully saturated rings. The van der Waals surface area contributed by atoms with Crippen LogP contribution in [0, 0.1) is 11.6 Å². The zero-order chi connectivity index (χ0) is 14.0. The standard InChI is InChI=1S/C12H9F2NO3S/c13-8-1-4-10(5-2-8)19(17,18)15-11-7-9(14)3-6-12(11)16/h1-7,15-16H. The molecule has 100 valence electrons. The van der Waals surface area contributed by atoms with Gasteiger partial charge in [-0.25, -0.2) is 17.2 Å². The minimum atomic E-state index is -4.01. The first-order chi connectivity index (χ1) is 8.88. The van der Waals surface area contributed by atoms with Crippen molar-refractivity contribution in [2.24, 2.45) is 0 Å². The summed E-state index contributed by atoms with van der Waals surface area (Å²) >= 11 is 0. The topological polar surface area (TPSA) is 66.4 Å². The Morgan fingerprint density at radius 2 is 1.53 bits per heavy atom. The van der Waals surface area contributed by atoms with Crippen LogP contribution >= 0.6 is 0 Å². The first kappa shape index (κ1) is 13.3. The highest BCUT2D eigenvalue weighted by atomic mass is 32.2. The van der Waals surface area contributed by atoms with E-state index in [1.807, 2.05) is 4.72 Å². The maximum Gasteiger partial charge on any atom is 0.262 e. The van der Waals surface area contributed by atoms with E-state index in [-0.39, 0.29) is 10.6 Å². The Bertz CT molecular complexity index is 699. The van der Waals surface area contributed by atoms with Crippen LogP contribution < -0.4 is 4.72 Å². The lowest BCUT2D eigenvalue weighted by molar-refractivity contribution is 0.475. The number of phenols is 1. The van der Waals surface area contributed by atoms with Gasteiger partial charge in [0.2, 0.25) is 0 Å². The van der Waals surface area contributed by atoms with E-state index >= 15 is 0 Å². The van der Waals surface area contributed by atoms with Crippen LogP contribution in [0.15, 0.2) is 47.4 Å². The van der Waals surface area contributed by atoms with E-state index in [0.29, 0.717) is 0 Å². The van der Waals surface area contributed by atoms with Gasteiger partial charge < -0.3 is 5.11 Å². The van der Waals surface area contributed by atoms with Crippen molar-refractivity contribution in [2.45, 2.75) is 4.90 Å². The van der Waals surface area contributed by atoms with Crippen LogP contribution in [0.3, 0.4) is 0 Å². The lowest BCUT2D eigenvalue weighted by atomic mass is 10.3. The number of phenolic OH excluding ortho intramolecular Hbond substituents is 1. The summed E-state index contributed by atoms with van der Waals surface area (Å²) in [6.07, 6.45) is 0. The predicted octanol–water partition coefficient (Wildman–Crippen LogP) is 2.47. The molecule has 2 aromatic rings. The molecule has 0 aromatic heterocycles. The fourth-order valence-electron chi connectivity index (χ4n) is 1.41. The van der Waals surface area contributed by atoms with Crippen LogP contribution in [0.1, 0.15) is 0 Å². The molecule has 2 aromatic carbocycles.